The average molecular weight is 877 g/mol. The Morgan fingerprint density at radius 2 is 0.681 bits per heavy atom. The van der Waals surface area contributed by atoms with E-state index in [4.69, 9.17) is 0 Å². The topological polar surface area (TPSA) is 19.7 Å². The lowest BCUT2D eigenvalue weighted by Gasteiger charge is -2.31. The van der Waals surface area contributed by atoms with Crippen LogP contribution in [0.15, 0.2) is 243 Å². The highest BCUT2D eigenvalue weighted by atomic mass is 15.0. The first-order valence-corrected chi connectivity index (χ1v) is 23.9. The summed E-state index contributed by atoms with van der Waals surface area (Å²) in [4.78, 5) is 0. The maximum atomic E-state index is 2.52. The number of aromatic nitrogens is 4. The van der Waals surface area contributed by atoms with Crippen molar-refractivity contribution in [3.05, 3.63) is 265 Å². The van der Waals surface area contributed by atoms with Crippen molar-refractivity contribution in [1.82, 2.24) is 18.3 Å². The Morgan fingerprint density at radius 1 is 0.275 bits per heavy atom. The van der Waals surface area contributed by atoms with E-state index in [0.717, 1.165) is 22.7 Å². The van der Waals surface area contributed by atoms with Crippen LogP contribution in [0.1, 0.15) is 22.3 Å². The van der Waals surface area contributed by atoms with Gasteiger partial charge in [-0.05, 0) is 129 Å². The molecule has 0 bridgehead atoms. The number of benzene rings is 10. The summed E-state index contributed by atoms with van der Waals surface area (Å²) in [6.45, 7) is 0. The first-order valence-electron chi connectivity index (χ1n) is 23.9. The van der Waals surface area contributed by atoms with Crippen LogP contribution in [0.25, 0.3) is 110 Å². The normalized spacial score (nSPS) is 13.3. The van der Waals surface area contributed by atoms with Gasteiger partial charge in [-0.1, -0.05) is 146 Å². The first kappa shape index (κ1) is 37.0. The van der Waals surface area contributed by atoms with Crippen LogP contribution in [0.4, 0.5) is 0 Å². The molecule has 10 aromatic carbocycles. The van der Waals surface area contributed by atoms with Crippen LogP contribution in [0.3, 0.4) is 0 Å². The largest absolute Gasteiger partial charge is 0.316 e. The molecule has 0 fully saturated rings. The van der Waals surface area contributed by atoms with Gasteiger partial charge in [-0.2, -0.15) is 0 Å². The van der Waals surface area contributed by atoms with Gasteiger partial charge in [0.25, 0.3) is 0 Å². The van der Waals surface area contributed by atoms with E-state index in [9.17, 15) is 0 Å². The zero-order chi connectivity index (χ0) is 45.0. The van der Waals surface area contributed by atoms with Crippen molar-refractivity contribution in [3.8, 4) is 45.0 Å². The summed E-state index contributed by atoms with van der Waals surface area (Å²) in [6, 6.07) is 85.9. The predicted molar refractivity (Wildman–Crippen MR) is 285 cm³/mol. The lowest BCUT2D eigenvalue weighted by Crippen LogP contribution is -2.26. The van der Waals surface area contributed by atoms with E-state index in [2.05, 4.69) is 261 Å². The van der Waals surface area contributed by atoms with E-state index in [1.807, 2.05) is 0 Å². The van der Waals surface area contributed by atoms with Gasteiger partial charge in [0.05, 0.1) is 38.5 Å². The zero-order valence-electron chi connectivity index (χ0n) is 37.4. The Morgan fingerprint density at radius 3 is 1.16 bits per heavy atom. The van der Waals surface area contributed by atoms with Gasteiger partial charge in [-0.25, -0.2) is 0 Å². The van der Waals surface area contributed by atoms with Crippen LogP contribution >= 0.6 is 0 Å². The van der Waals surface area contributed by atoms with E-state index < -0.39 is 5.41 Å². The van der Waals surface area contributed by atoms with Crippen molar-refractivity contribution in [2.75, 3.05) is 0 Å². The molecule has 1 spiro atoms. The number of nitrogens with zero attached hydrogens (tertiary/aromatic N) is 4. The molecule has 69 heavy (non-hydrogen) atoms. The Balaban J connectivity index is 0.972. The molecule has 14 aromatic rings. The summed E-state index contributed by atoms with van der Waals surface area (Å²) >= 11 is 0. The fourth-order valence-corrected chi connectivity index (χ4v) is 12.9. The molecule has 4 aromatic heterocycles. The molecule has 0 aliphatic heterocycles. The van der Waals surface area contributed by atoms with E-state index >= 15 is 0 Å². The van der Waals surface area contributed by atoms with Crippen molar-refractivity contribution in [1.29, 1.82) is 0 Å². The molecule has 2 aliphatic carbocycles. The quantitative estimate of drug-likeness (QED) is 0.168. The fourth-order valence-electron chi connectivity index (χ4n) is 12.9. The Labute approximate surface area is 397 Å². The van der Waals surface area contributed by atoms with Crippen LogP contribution in [0, 0.1) is 0 Å². The lowest BCUT2D eigenvalue weighted by molar-refractivity contribution is 0.791. The lowest BCUT2D eigenvalue weighted by atomic mass is 9.70. The SMILES string of the molecule is c1ccc(-n2ccc3ccc4c(c5ccccc5n4-c4ccc5c(c4)C4(c6ccccc6-c6ccccc64)c4cc(-n6c7ccccc7c7c8c(ccc76)ccn8-c6ccccc6)ccc4-5)c32)cc1. The molecule has 0 unspecified atom stereocenters. The second-order valence-corrected chi connectivity index (χ2v) is 18.8. The molecule has 0 atom stereocenters. The molecule has 320 valence electrons. The van der Waals surface area contributed by atoms with E-state index in [1.165, 1.54) is 110 Å². The van der Waals surface area contributed by atoms with E-state index in [0.29, 0.717) is 0 Å². The molecular weight excluding hydrogens is 837 g/mol. The standard InChI is InChI=1S/C65H40N4/c1-3-15-43(16-4-1)66-37-35-41-27-33-59-61(63(41)66)51-21-9-13-25-57(51)68(59)45-29-31-49-50-32-30-46(40-56(50)65(55(49)39-45)53-23-11-7-19-47(53)48-20-8-12-24-54(48)65)69-58-26-14-10-22-52(58)62-60(69)34-28-42-36-38-67(64(42)62)44-17-5-2-6-18-44/h1-40H. The van der Waals surface area contributed by atoms with E-state index in [1.54, 1.807) is 0 Å². The van der Waals surface area contributed by atoms with Crippen LogP contribution < -0.4 is 0 Å². The number of fused-ring (bicyclic) bond motifs is 20. The van der Waals surface area contributed by atoms with Gasteiger partial charge >= 0.3 is 0 Å². The molecular formula is C65H40N4. The van der Waals surface area contributed by atoms with Gasteiger partial charge in [0.15, 0.2) is 0 Å². The highest BCUT2D eigenvalue weighted by Crippen LogP contribution is 2.63. The number of rotatable bonds is 4. The van der Waals surface area contributed by atoms with E-state index in [-0.39, 0.29) is 0 Å². The van der Waals surface area contributed by atoms with Crippen molar-refractivity contribution in [2.24, 2.45) is 0 Å². The smallest absolute Gasteiger partial charge is 0.0727 e. The van der Waals surface area contributed by atoms with Crippen molar-refractivity contribution < 1.29 is 0 Å². The van der Waals surface area contributed by atoms with Gasteiger partial charge in [0.1, 0.15) is 0 Å². The Kier molecular flexibility index (Phi) is 7.24. The third kappa shape index (κ3) is 4.72. The summed E-state index contributed by atoms with van der Waals surface area (Å²) in [5.41, 5.74) is 21.7. The van der Waals surface area contributed by atoms with Crippen molar-refractivity contribution in [2.45, 2.75) is 5.41 Å². The summed E-state index contributed by atoms with van der Waals surface area (Å²) in [7, 11) is 0. The molecule has 16 rings (SSSR count). The molecule has 0 N–H and O–H groups in total. The minimum Gasteiger partial charge on any atom is -0.316 e. The van der Waals surface area contributed by atoms with Gasteiger partial charge in [0.2, 0.25) is 0 Å². The van der Waals surface area contributed by atoms with Crippen LogP contribution in [0.5, 0.6) is 0 Å². The third-order valence-corrected chi connectivity index (χ3v) is 15.6. The average Bonchev–Trinajstić information content (AvgIpc) is 4.27. The third-order valence-electron chi connectivity index (χ3n) is 15.6. The number of para-hydroxylation sites is 4. The summed E-state index contributed by atoms with van der Waals surface area (Å²) in [5, 5.41) is 7.46. The molecule has 0 saturated carbocycles. The summed E-state index contributed by atoms with van der Waals surface area (Å²) in [5.74, 6) is 0. The number of hydrogen-bond acceptors (Lipinski definition) is 0. The molecule has 0 radical (unpaired) electrons. The van der Waals surface area contributed by atoms with Crippen LogP contribution in [-0.2, 0) is 5.41 Å². The maximum Gasteiger partial charge on any atom is 0.0727 e. The summed E-state index contributed by atoms with van der Waals surface area (Å²) in [6.07, 6.45) is 4.43. The predicted octanol–water partition coefficient (Wildman–Crippen LogP) is 16.1. The molecule has 4 heteroatoms. The number of hydrogen-bond donors (Lipinski definition) is 0. The van der Waals surface area contributed by atoms with Crippen molar-refractivity contribution >= 4 is 65.4 Å². The molecule has 4 heterocycles. The highest BCUT2D eigenvalue weighted by Gasteiger charge is 2.52. The fraction of sp³-hybridized carbons (Fsp3) is 0.0154. The maximum absolute atomic E-state index is 2.52. The molecule has 0 amide bonds. The monoisotopic (exact) mass is 876 g/mol. The second-order valence-electron chi connectivity index (χ2n) is 18.8. The molecule has 4 nitrogen and oxygen atoms in total. The highest BCUT2D eigenvalue weighted by molar-refractivity contribution is 6.22. The summed E-state index contributed by atoms with van der Waals surface area (Å²) < 4.78 is 9.72. The molecule has 2 aliphatic rings. The van der Waals surface area contributed by atoms with Gasteiger partial charge < -0.3 is 18.3 Å². The first-order chi connectivity index (χ1) is 34.3. The van der Waals surface area contributed by atoms with Gasteiger partial charge in [0, 0.05) is 67.5 Å². The van der Waals surface area contributed by atoms with Crippen molar-refractivity contribution in [3.63, 3.8) is 0 Å². The Bertz CT molecular complexity index is 4190. The Hall–Kier alpha value is -9.12. The van der Waals surface area contributed by atoms with Gasteiger partial charge in [-0.3, -0.25) is 0 Å². The van der Waals surface area contributed by atoms with Crippen LogP contribution in [0.2, 0.25) is 0 Å². The molecule has 0 saturated heterocycles. The minimum atomic E-state index is -0.564. The van der Waals surface area contributed by atoms with Gasteiger partial charge in [-0.15, -0.1) is 0 Å². The zero-order valence-corrected chi connectivity index (χ0v) is 37.4. The second kappa shape index (κ2) is 13.5. The van der Waals surface area contributed by atoms with Crippen LogP contribution in [-0.4, -0.2) is 18.3 Å². The minimum absolute atomic E-state index is 0.564.